The molecule has 0 atom stereocenters. The van der Waals surface area contributed by atoms with Gasteiger partial charge in [-0.2, -0.15) is 0 Å². The molecule has 1 aromatic carbocycles. The molecule has 0 amide bonds. The van der Waals surface area contributed by atoms with E-state index in [0.717, 1.165) is 19.2 Å². The number of carbonyl (C=O) groups is 1. The summed E-state index contributed by atoms with van der Waals surface area (Å²) in [4.78, 5) is 14.9. The molecule has 7 heteroatoms. The van der Waals surface area contributed by atoms with Crippen molar-refractivity contribution in [1.29, 1.82) is 0 Å². The number of hydrogen-bond acceptors (Lipinski definition) is 4. The van der Waals surface area contributed by atoms with Gasteiger partial charge in [0.15, 0.2) is 11.6 Å². The zero-order valence-electron chi connectivity index (χ0n) is 8.91. The molecule has 0 radical (unpaired) electrons. The van der Waals surface area contributed by atoms with Crippen molar-refractivity contribution in [1.82, 2.24) is 0 Å². The number of aliphatic imine (C=N–C) groups is 1. The number of rotatable bonds is 3. The number of carbonyl (C=O) groups excluding carboxylic acids is 1. The highest BCUT2D eigenvalue weighted by Gasteiger charge is 2.14. The first-order valence-electron chi connectivity index (χ1n) is 4.49. The number of nitrogens with zero attached hydrogens (tertiary/aromatic N) is 1. The Labute approximate surface area is 102 Å². The molecule has 0 aliphatic heterocycles. The Hall–Kier alpha value is -1.82. The molecule has 92 valence electrons. The molecule has 0 saturated heterocycles. The van der Waals surface area contributed by atoms with Crippen molar-refractivity contribution in [2.75, 3.05) is 13.0 Å². The quantitative estimate of drug-likeness (QED) is 0.374. The molecular formula is C10H10ClFN2O3. The number of halogens is 2. The van der Waals surface area contributed by atoms with Crippen LogP contribution in [0.4, 0.5) is 10.1 Å². The molecule has 0 bridgehead atoms. The van der Waals surface area contributed by atoms with Crippen LogP contribution in [0.25, 0.3) is 0 Å². The Morgan fingerprint density at radius 2 is 2.29 bits per heavy atom. The van der Waals surface area contributed by atoms with Crippen molar-refractivity contribution < 1.29 is 19.0 Å². The molecule has 0 fully saturated rings. The zero-order chi connectivity index (χ0) is 13.0. The lowest BCUT2D eigenvalue weighted by Crippen LogP contribution is -2.12. The molecule has 0 aliphatic rings. The fourth-order valence-electron chi connectivity index (χ4n) is 1.09. The van der Waals surface area contributed by atoms with Gasteiger partial charge in [-0.05, 0) is 12.1 Å². The lowest BCUT2D eigenvalue weighted by atomic mass is 10.2. The van der Waals surface area contributed by atoms with Crippen molar-refractivity contribution in [3.8, 4) is 5.75 Å². The number of phenolic OH excluding ortho intramolecular Hbond substituents is 1. The number of ether oxygens (including phenoxy) is 1. The van der Waals surface area contributed by atoms with E-state index in [1.807, 2.05) is 0 Å². The molecule has 0 saturated carbocycles. The molecule has 0 spiro atoms. The fourth-order valence-corrected chi connectivity index (χ4v) is 1.15. The summed E-state index contributed by atoms with van der Waals surface area (Å²) in [7, 11) is 1.16. The van der Waals surface area contributed by atoms with Crippen molar-refractivity contribution >= 4 is 29.1 Å². The summed E-state index contributed by atoms with van der Waals surface area (Å²) < 4.78 is 17.7. The minimum Gasteiger partial charge on any atom is -0.503 e. The predicted molar refractivity (Wildman–Crippen MR) is 61.4 cm³/mol. The SMILES string of the molecule is COC(=O)c1cc(F)c(O)c(N=C(N)CCl)c1. The Kier molecular flexibility index (Phi) is 4.28. The van der Waals surface area contributed by atoms with E-state index in [1.165, 1.54) is 0 Å². The first-order chi connectivity index (χ1) is 7.99. The van der Waals surface area contributed by atoms with Gasteiger partial charge in [-0.15, -0.1) is 11.6 Å². The van der Waals surface area contributed by atoms with Gasteiger partial charge in [0.05, 0.1) is 18.6 Å². The highest BCUT2D eigenvalue weighted by Crippen LogP contribution is 2.31. The minimum atomic E-state index is -0.992. The molecule has 17 heavy (non-hydrogen) atoms. The largest absolute Gasteiger partial charge is 0.503 e. The second-order valence-electron chi connectivity index (χ2n) is 3.05. The van der Waals surface area contributed by atoms with Gasteiger partial charge in [-0.3, -0.25) is 0 Å². The van der Waals surface area contributed by atoms with Crippen LogP contribution >= 0.6 is 11.6 Å². The number of esters is 1. The summed E-state index contributed by atoms with van der Waals surface area (Å²) >= 11 is 5.40. The van der Waals surface area contributed by atoms with Crippen LogP contribution in [0, 0.1) is 5.82 Å². The Morgan fingerprint density at radius 1 is 1.65 bits per heavy atom. The summed E-state index contributed by atoms with van der Waals surface area (Å²) in [5.41, 5.74) is 5.09. The maximum atomic E-state index is 13.3. The second kappa shape index (κ2) is 5.49. The van der Waals surface area contributed by atoms with Gasteiger partial charge in [0.1, 0.15) is 11.5 Å². The van der Waals surface area contributed by atoms with Gasteiger partial charge in [0.25, 0.3) is 0 Å². The average molecular weight is 261 g/mol. The molecule has 0 heterocycles. The highest BCUT2D eigenvalue weighted by molar-refractivity contribution is 6.28. The zero-order valence-corrected chi connectivity index (χ0v) is 9.66. The lowest BCUT2D eigenvalue weighted by Gasteiger charge is -2.05. The maximum absolute atomic E-state index is 13.3. The Balaban J connectivity index is 3.30. The van der Waals surface area contributed by atoms with Gasteiger partial charge in [0.2, 0.25) is 0 Å². The van der Waals surface area contributed by atoms with E-state index in [-0.39, 0.29) is 23.0 Å². The summed E-state index contributed by atoms with van der Waals surface area (Å²) in [6, 6.07) is 2.00. The predicted octanol–water partition coefficient (Wildman–Crippen LogP) is 1.55. The number of amidine groups is 1. The Bertz CT molecular complexity index is 477. The van der Waals surface area contributed by atoms with Crippen LogP contribution < -0.4 is 5.73 Å². The Morgan fingerprint density at radius 3 is 2.82 bits per heavy atom. The molecule has 3 N–H and O–H groups in total. The topological polar surface area (TPSA) is 84.9 Å². The van der Waals surface area contributed by atoms with Crippen LogP contribution in [0.2, 0.25) is 0 Å². The maximum Gasteiger partial charge on any atom is 0.338 e. The van der Waals surface area contributed by atoms with Crippen LogP contribution in [-0.2, 0) is 4.74 Å². The van der Waals surface area contributed by atoms with Gasteiger partial charge in [-0.25, -0.2) is 14.2 Å². The van der Waals surface area contributed by atoms with Gasteiger partial charge >= 0.3 is 5.97 Å². The third-order valence-corrected chi connectivity index (χ3v) is 2.14. The number of nitrogens with two attached hydrogens (primary N) is 1. The second-order valence-corrected chi connectivity index (χ2v) is 3.32. The summed E-state index contributed by atoms with van der Waals surface area (Å²) in [6.07, 6.45) is 0. The molecule has 0 aromatic heterocycles. The minimum absolute atomic E-state index is 0.0108. The van der Waals surface area contributed by atoms with Crippen LogP contribution in [0.1, 0.15) is 10.4 Å². The van der Waals surface area contributed by atoms with Crippen LogP contribution in [0.5, 0.6) is 5.75 Å². The van der Waals surface area contributed by atoms with Crippen molar-refractivity contribution in [2.24, 2.45) is 10.7 Å². The highest BCUT2D eigenvalue weighted by atomic mass is 35.5. The van der Waals surface area contributed by atoms with E-state index < -0.39 is 17.5 Å². The normalized spacial score (nSPS) is 11.4. The van der Waals surface area contributed by atoms with E-state index in [1.54, 1.807) is 0 Å². The van der Waals surface area contributed by atoms with Gasteiger partial charge < -0.3 is 15.6 Å². The monoisotopic (exact) mass is 260 g/mol. The van der Waals surface area contributed by atoms with Crippen LogP contribution in [0.3, 0.4) is 0 Å². The van der Waals surface area contributed by atoms with Crippen LogP contribution in [-0.4, -0.2) is 29.9 Å². The van der Waals surface area contributed by atoms with Gasteiger partial charge in [0, 0.05) is 0 Å². The summed E-state index contributed by atoms with van der Waals surface area (Å²) in [5, 5.41) is 9.39. The number of aromatic hydroxyl groups is 1. The number of phenols is 1. The van der Waals surface area contributed by atoms with E-state index in [2.05, 4.69) is 9.73 Å². The summed E-state index contributed by atoms with van der Waals surface area (Å²) in [6.45, 7) is 0. The molecular weight excluding hydrogens is 251 g/mol. The lowest BCUT2D eigenvalue weighted by molar-refractivity contribution is 0.0600. The molecule has 1 aromatic rings. The summed E-state index contributed by atoms with van der Waals surface area (Å²) in [5.74, 6) is -2.53. The van der Waals surface area contributed by atoms with E-state index >= 15 is 0 Å². The van der Waals surface area contributed by atoms with Gasteiger partial charge in [-0.1, -0.05) is 0 Å². The molecule has 0 unspecified atom stereocenters. The van der Waals surface area contributed by atoms with E-state index in [4.69, 9.17) is 17.3 Å². The fraction of sp³-hybridized carbons (Fsp3) is 0.200. The first kappa shape index (κ1) is 13.2. The number of methoxy groups -OCH3 is 1. The third-order valence-electron chi connectivity index (χ3n) is 1.87. The third kappa shape index (κ3) is 3.07. The van der Waals surface area contributed by atoms with E-state index in [9.17, 15) is 14.3 Å². The first-order valence-corrected chi connectivity index (χ1v) is 5.03. The van der Waals surface area contributed by atoms with Crippen molar-refractivity contribution in [3.63, 3.8) is 0 Å². The molecule has 0 aliphatic carbocycles. The molecule has 1 rings (SSSR count). The molecule has 5 nitrogen and oxygen atoms in total. The standard InChI is InChI=1S/C10H10ClFN2O3/c1-17-10(16)5-2-6(12)9(15)7(3-5)14-8(13)4-11/h2-3,15H,4H2,1H3,(H2,13,14). The van der Waals surface area contributed by atoms with Crippen molar-refractivity contribution in [3.05, 3.63) is 23.5 Å². The van der Waals surface area contributed by atoms with E-state index in [0.29, 0.717) is 0 Å². The number of alkyl halides is 1. The van der Waals surface area contributed by atoms with Crippen LogP contribution in [0.15, 0.2) is 17.1 Å². The van der Waals surface area contributed by atoms with Crippen molar-refractivity contribution in [2.45, 2.75) is 0 Å². The number of hydrogen-bond donors (Lipinski definition) is 2. The average Bonchev–Trinajstić information content (AvgIpc) is 2.33. The smallest absolute Gasteiger partial charge is 0.338 e. The number of benzene rings is 1.